The first kappa shape index (κ1) is 25.6. The highest BCUT2D eigenvalue weighted by atomic mass is 16.5. The number of aromatic amines is 1. The molecule has 38 heavy (non-hydrogen) atoms. The van der Waals surface area contributed by atoms with Crippen molar-refractivity contribution in [1.82, 2.24) is 15.2 Å². The Morgan fingerprint density at radius 2 is 1.79 bits per heavy atom. The van der Waals surface area contributed by atoms with Gasteiger partial charge in [0.05, 0.1) is 20.1 Å². The Kier molecular flexibility index (Phi) is 7.82. The topological polar surface area (TPSA) is 87.6 Å². The fraction of sp³-hybridized carbons (Fsp3) is 0.355. The molecule has 1 unspecified atom stereocenters. The Balaban J connectivity index is 1.52. The maximum absolute atomic E-state index is 14.1. The van der Waals surface area contributed by atoms with Gasteiger partial charge in [-0.25, -0.2) is 0 Å². The first-order chi connectivity index (χ1) is 18.5. The maximum atomic E-state index is 14.1. The van der Waals surface area contributed by atoms with Gasteiger partial charge in [0.15, 0.2) is 6.04 Å². The van der Waals surface area contributed by atoms with Crippen molar-refractivity contribution in [3.05, 3.63) is 89.5 Å². The lowest BCUT2D eigenvalue weighted by molar-refractivity contribution is -0.142. The van der Waals surface area contributed by atoms with Crippen molar-refractivity contribution in [2.24, 2.45) is 0 Å². The Morgan fingerprint density at radius 3 is 2.55 bits per heavy atom. The number of methoxy groups -OCH3 is 1. The summed E-state index contributed by atoms with van der Waals surface area (Å²) in [6.45, 7) is 2.05. The van der Waals surface area contributed by atoms with Gasteiger partial charge in [0, 0.05) is 28.7 Å². The minimum absolute atomic E-state index is 0.103. The molecule has 198 valence electrons. The third kappa shape index (κ3) is 5.62. The van der Waals surface area contributed by atoms with Crippen molar-refractivity contribution in [2.75, 3.05) is 7.11 Å². The van der Waals surface area contributed by atoms with Crippen LogP contribution in [0.25, 0.3) is 10.9 Å². The molecule has 7 heteroatoms. The number of aromatic nitrogens is 1. The van der Waals surface area contributed by atoms with Gasteiger partial charge in [0.1, 0.15) is 17.3 Å². The molecule has 0 aliphatic heterocycles. The molecule has 0 spiro atoms. The first-order valence-electron chi connectivity index (χ1n) is 13.4. The second-order valence-corrected chi connectivity index (χ2v) is 10.1. The van der Waals surface area contributed by atoms with Crippen LogP contribution >= 0.6 is 0 Å². The summed E-state index contributed by atoms with van der Waals surface area (Å²) in [4.78, 5) is 32.9. The van der Waals surface area contributed by atoms with E-state index in [9.17, 15) is 9.59 Å². The number of nitrogens with one attached hydrogen (secondary N) is 2. The molecule has 5 rings (SSSR count). The van der Waals surface area contributed by atoms with Crippen LogP contribution in [0, 0.1) is 6.92 Å². The van der Waals surface area contributed by atoms with Crippen LogP contribution in [-0.2, 0) is 22.6 Å². The highest BCUT2D eigenvalue weighted by molar-refractivity contribution is 5.92. The van der Waals surface area contributed by atoms with Crippen molar-refractivity contribution in [1.29, 1.82) is 0 Å². The molecule has 0 radical (unpaired) electrons. The molecular formula is C31H35N3O4. The molecule has 2 heterocycles. The number of H-pyrrole nitrogens is 1. The van der Waals surface area contributed by atoms with Crippen molar-refractivity contribution < 1.29 is 18.7 Å². The molecule has 2 amide bonds. The van der Waals surface area contributed by atoms with E-state index in [0.717, 1.165) is 47.7 Å². The molecular weight excluding hydrogens is 478 g/mol. The van der Waals surface area contributed by atoms with E-state index in [4.69, 9.17) is 9.15 Å². The standard InChI is InChI=1S/C31H35N3O4/c1-21-16-17-28(38-21)30(31(36)33-24-11-4-3-5-12-24)34(20-22-10-6-9-15-27(22)37-2)29(35)18-23-19-32-26-14-8-7-13-25(23)26/h6-10,13-17,19,24,30,32H,3-5,11-12,18,20H2,1-2H3,(H,33,36). The van der Waals surface area contributed by atoms with Crippen molar-refractivity contribution in [3.63, 3.8) is 0 Å². The summed E-state index contributed by atoms with van der Waals surface area (Å²) in [7, 11) is 1.61. The minimum Gasteiger partial charge on any atom is -0.496 e. The van der Waals surface area contributed by atoms with Gasteiger partial charge in [-0.2, -0.15) is 0 Å². The second kappa shape index (κ2) is 11.6. The fourth-order valence-electron chi connectivity index (χ4n) is 5.43. The number of benzene rings is 2. The smallest absolute Gasteiger partial charge is 0.250 e. The van der Waals surface area contributed by atoms with Gasteiger partial charge in [-0.3, -0.25) is 9.59 Å². The summed E-state index contributed by atoms with van der Waals surface area (Å²) in [6, 6.07) is 18.3. The molecule has 1 saturated carbocycles. The number of furan rings is 1. The van der Waals surface area contributed by atoms with E-state index >= 15 is 0 Å². The van der Waals surface area contributed by atoms with Gasteiger partial charge in [-0.05, 0) is 49.6 Å². The van der Waals surface area contributed by atoms with Crippen molar-refractivity contribution in [2.45, 2.75) is 64.1 Å². The molecule has 0 saturated heterocycles. The van der Waals surface area contributed by atoms with Crippen LogP contribution in [-0.4, -0.2) is 34.8 Å². The number of aryl methyl sites for hydroxylation is 1. The van der Waals surface area contributed by atoms with E-state index < -0.39 is 6.04 Å². The second-order valence-electron chi connectivity index (χ2n) is 10.1. The lowest BCUT2D eigenvalue weighted by Gasteiger charge is -2.32. The molecule has 1 aliphatic carbocycles. The monoisotopic (exact) mass is 513 g/mol. The predicted molar refractivity (Wildman–Crippen MR) is 147 cm³/mol. The summed E-state index contributed by atoms with van der Waals surface area (Å²) in [6.07, 6.45) is 7.30. The molecule has 7 nitrogen and oxygen atoms in total. The third-order valence-electron chi connectivity index (χ3n) is 7.41. The van der Waals surface area contributed by atoms with Crippen LogP contribution in [0.2, 0.25) is 0 Å². The third-order valence-corrected chi connectivity index (χ3v) is 7.41. The Hall–Kier alpha value is -4.00. The summed E-state index contributed by atoms with van der Waals surface area (Å²) in [5, 5.41) is 4.23. The zero-order valence-corrected chi connectivity index (χ0v) is 22.0. The van der Waals surface area contributed by atoms with Gasteiger partial charge in [-0.15, -0.1) is 0 Å². The number of para-hydroxylation sites is 2. The van der Waals surface area contributed by atoms with E-state index in [0.29, 0.717) is 17.3 Å². The highest BCUT2D eigenvalue weighted by Crippen LogP contribution is 2.30. The van der Waals surface area contributed by atoms with Gasteiger partial charge < -0.3 is 24.4 Å². The number of hydrogen-bond donors (Lipinski definition) is 2. The van der Waals surface area contributed by atoms with E-state index in [-0.39, 0.29) is 30.8 Å². The maximum Gasteiger partial charge on any atom is 0.250 e. The fourth-order valence-corrected chi connectivity index (χ4v) is 5.43. The average Bonchev–Trinajstić information content (AvgIpc) is 3.55. The Labute approximate surface area is 223 Å². The molecule has 2 aromatic carbocycles. The van der Waals surface area contributed by atoms with Crippen LogP contribution in [0.4, 0.5) is 0 Å². The predicted octanol–water partition coefficient (Wildman–Crippen LogP) is 5.84. The van der Waals surface area contributed by atoms with Gasteiger partial charge >= 0.3 is 0 Å². The van der Waals surface area contributed by atoms with E-state index in [1.165, 1.54) is 6.42 Å². The van der Waals surface area contributed by atoms with Crippen molar-refractivity contribution in [3.8, 4) is 5.75 Å². The molecule has 1 atom stereocenters. The van der Waals surface area contributed by atoms with Gasteiger partial charge in [0.25, 0.3) is 5.91 Å². The van der Waals surface area contributed by atoms with Crippen LogP contribution in [0.1, 0.15) is 60.8 Å². The number of amides is 2. The molecule has 4 aromatic rings. The molecule has 1 fully saturated rings. The summed E-state index contributed by atoms with van der Waals surface area (Å²) in [5.74, 6) is 1.43. The van der Waals surface area contributed by atoms with Gasteiger partial charge in [-0.1, -0.05) is 55.7 Å². The number of rotatable bonds is 9. The number of carbonyl (C=O) groups excluding carboxylic acids is 2. The largest absolute Gasteiger partial charge is 0.496 e. The lowest BCUT2D eigenvalue weighted by atomic mass is 9.95. The Bertz CT molecular complexity index is 1400. The zero-order chi connectivity index (χ0) is 26.5. The highest BCUT2D eigenvalue weighted by Gasteiger charge is 2.35. The van der Waals surface area contributed by atoms with Gasteiger partial charge in [0.2, 0.25) is 5.91 Å². The molecule has 2 N–H and O–H groups in total. The summed E-state index contributed by atoms with van der Waals surface area (Å²) in [5.41, 5.74) is 2.68. The average molecular weight is 514 g/mol. The van der Waals surface area contributed by atoms with Crippen LogP contribution in [0.5, 0.6) is 5.75 Å². The Morgan fingerprint density at radius 1 is 1.03 bits per heavy atom. The molecule has 2 aromatic heterocycles. The number of nitrogens with zero attached hydrogens (tertiary/aromatic N) is 1. The minimum atomic E-state index is -0.909. The van der Waals surface area contributed by atoms with E-state index in [1.54, 1.807) is 18.1 Å². The molecule has 0 bridgehead atoms. The molecule has 1 aliphatic rings. The van der Waals surface area contributed by atoms with Crippen LogP contribution in [0.3, 0.4) is 0 Å². The number of hydrogen-bond acceptors (Lipinski definition) is 4. The summed E-state index contributed by atoms with van der Waals surface area (Å²) < 4.78 is 11.6. The zero-order valence-electron chi connectivity index (χ0n) is 22.0. The first-order valence-corrected chi connectivity index (χ1v) is 13.4. The summed E-state index contributed by atoms with van der Waals surface area (Å²) >= 11 is 0. The number of fused-ring (bicyclic) bond motifs is 1. The van der Waals surface area contributed by atoms with Crippen molar-refractivity contribution >= 4 is 22.7 Å². The van der Waals surface area contributed by atoms with Crippen LogP contribution < -0.4 is 10.1 Å². The SMILES string of the molecule is COc1ccccc1CN(C(=O)Cc1c[nH]c2ccccc12)C(C(=O)NC1CCCCC1)c1ccc(C)o1. The normalized spacial score (nSPS) is 14.8. The number of ether oxygens (including phenoxy) is 1. The lowest BCUT2D eigenvalue weighted by Crippen LogP contribution is -2.47. The number of carbonyl (C=O) groups is 2. The van der Waals surface area contributed by atoms with Crippen LogP contribution in [0.15, 0.2) is 71.3 Å². The van der Waals surface area contributed by atoms with E-state index in [1.807, 2.05) is 67.7 Å². The quantitative estimate of drug-likeness (QED) is 0.294. The van der Waals surface area contributed by atoms with E-state index in [2.05, 4.69) is 10.3 Å².